The minimum Gasteiger partial charge on any atom is -0.452 e. The van der Waals surface area contributed by atoms with Crippen molar-refractivity contribution < 1.29 is 19.1 Å². The zero-order valence-corrected chi connectivity index (χ0v) is 16.6. The molecular weight excluding hydrogens is 358 g/mol. The second-order valence-electron chi connectivity index (χ2n) is 6.68. The Bertz CT molecular complexity index is 830. The van der Waals surface area contributed by atoms with Gasteiger partial charge in [-0.3, -0.25) is 9.59 Å². The minimum atomic E-state index is -0.587. The van der Waals surface area contributed by atoms with Crippen molar-refractivity contribution in [3.8, 4) is 0 Å². The molecule has 2 aromatic rings. The van der Waals surface area contributed by atoms with E-state index in [0.29, 0.717) is 11.3 Å². The lowest BCUT2D eigenvalue weighted by atomic mass is 10.2. The number of hydrogen-bond donors (Lipinski definition) is 1. The first-order valence-electron chi connectivity index (χ1n) is 8.81. The van der Waals surface area contributed by atoms with Gasteiger partial charge in [-0.2, -0.15) is 0 Å². The number of nitrogens with zero attached hydrogens (tertiary/aromatic N) is 2. The zero-order valence-electron chi connectivity index (χ0n) is 16.6. The molecule has 0 atom stereocenters. The van der Waals surface area contributed by atoms with E-state index in [2.05, 4.69) is 5.32 Å². The highest BCUT2D eigenvalue weighted by molar-refractivity contribution is 5.95. The van der Waals surface area contributed by atoms with E-state index in [4.69, 9.17) is 4.74 Å². The first-order chi connectivity index (χ1) is 13.3. The third-order valence-electron chi connectivity index (χ3n) is 4.09. The van der Waals surface area contributed by atoms with Crippen molar-refractivity contribution >= 4 is 29.2 Å². The largest absolute Gasteiger partial charge is 0.452 e. The fourth-order valence-electron chi connectivity index (χ4n) is 2.36. The second-order valence-corrected chi connectivity index (χ2v) is 6.68. The molecule has 0 heterocycles. The number of nitrogens with one attached hydrogen (secondary N) is 1. The fourth-order valence-corrected chi connectivity index (χ4v) is 2.36. The summed E-state index contributed by atoms with van der Waals surface area (Å²) in [6.07, 6.45) is 0. The Morgan fingerprint density at radius 1 is 0.929 bits per heavy atom. The highest BCUT2D eigenvalue weighted by Crippen LogP contribution is 2.13. The van der Waals surface area contributed by atoms with Crippen molar-refractivity contribution in [2.75, 3.05) is 44.5 Å². The van der Waals surface area contributed by atoms with Crippen molar-refractivity contribution in [3.63, 3.8) is 0 Å². The molecular formula is C21H25N3O4. The SMILES string of the molecule is Cc1ccc(NC(=O)CN(C)C(=O)COC(=O)c2ccc(N(C)C)cc2)cc1. The number of carbonyl (C=O) groups is 3. The van der Waals surface area contributed by atoms with Gasteiger partial charge in [0.05, 0.1) is 12.1 Å². The number of anilines is 2. The summed E-state index contributed by atoms with van der Waals surface area (Å²) in [4.78, 5) is 39.3. The van der Waals surface area contributed by atoms with E-state index in [1.54, 1.807) is 36.4 Å². The van der Waals surface area contributed by atoms with Crippen LogP contribution in [0.3, 0.4) is 0 Å². The van der Waals surface area contributed by atoms with Gasteiger partial charge in [0.1, 0.15) is 0 Å². The van der Waals surface area contributed by atoms with Crippen LogP contribution < -0.4 is 10.2 Å². The van der Waals surface area contributed by atoms with E-state index in [1.807, 2.05) is 38.1 Å². The number of aryl methyl sites for hydroxylation is 1. The molecule has 2 aromatic carbocycles. The number of ether oxygens (including phenoxy) is 1. The molecule has 0 aliphatic heterocycles. The molecule has 0 spiro atoms. The molecule has 28 heavy (non-hydrogen) atoms. The standard InChI is InChI=1S/C21H25N3O4/c1-15-5-9-17(10-6-15)22-19(25)13-24(4)20(26)14-28-21(27)16-7-11-18(12-8-16)23(2)3/h5-12H,13-14H2,1-4H3,(H,22,25). The van der Waals surface area contributed by atoms with Crippen LogP contribution in [0.5, 0.6) is 0 Å². The molecule has 0 aliphatic rings. The van der Waals surface area contributed by atoms with Crippen molar-refractivity contribution in [2.24, 2.45) is 0 Å². The third kappa shape index (κ3) is 6.12. The Morgan fingerprint density at radius 3 is 2.11 bits per heavy atom. The molecule has 0 bridgehead atoms. The van der Waals surface area contributed by atoms with Gasteiger partial charge in [-0.25, -0.2) is 4.79 Å². The lowest BCUT2D eigenvalue weighted by molar-refractivity contribution is -0.136. The Labute approximate surface area is 164 Å². The summed E-state index contributed by atoms with van der Waals surface area (Å²) in [5, 5.41) is 2.72. The summed E-state index contributed by atoms with van der Waals surface area (Å²) in [6.45, 7) is 1.39. The number of hydrogen-bond acceptors (Lipinski definition) is 5. The summed E-state index contributed by atoms with van der Waals surface area (Å²) in [5.41, 5.74) is 3.05. The molecule has 0 aliphatic carbocycles. The van der Waals surface area contributed by atoms with Crippen molar-refractivity contribution in [3.05, 3.63) is 59.7 Å². The molecule has 2 amide bonds. The van der Waals surface area contributed by atoms with E-state index < -0.39 is 18.5 Å². The van der Waals surface area contributed by atoms with Gasteiger partial charge in [-0.05, 0) is 43.3 Å². The van der Waals surface area contributed by atoms with Gasteiger partial charge in [0.25, 0.3) is 5.91 Å². The van der Waals surface area contributed by atoms with Crippen LogP contribution >= 0.6 is 0 Å². The summed E-state index contributed by atoms with van der Waals surface area (Å²) in [6, 6.07) is 14.2. The van der Waals surface area contributed by atoms with Crippen LogP contribution in [0.25, 0.3) is 0 Å². The monoisotopic (exact) mass is 383 g/mol. The van der Waals surface area contributed by atoms with Gasteiger partial charge >= 0.3 is 5.97 Å². The third-order valence-corrected chi connectivity index (χ3v) is 4.09. The number of carbonyl (C=O) groups excluding carboxylic acids is 3. The summed E-state index contributed by atoms with van der Waals surface area (Å²) >= 11 is 0. The summed E-state index contributed by atoms with van der Waals surface area (Å²) in [5.74, 6) is -1.38. The van der Waals surface area contributed by atoms with Crippen molar-refractivity contribution in [1.29, 1.82) is 0 Å². The maximum absolute atomic E-state index is 12.1. The first kappa shape index (κ1) is 21.0. The molecule has 0 saturated heterocycles. The van der Waals surface area contributed by atoms with E-state index >= 15 is 0 Å². The van der Waals surface area contributed by atoms with E-state index in [1.165, 1.54) is 11.9 Å². The van der Waals surface area contributed by atoms with Crippen LogP contribution in [0, 0.1) is 6.92 Å². The number of rotatable bonds is 7. The number of amides is 2. The van der Waals surface area contributed by atoms with Crippen molar-refractivity contribution in [1.82, 2.24) is 4.90 Å². The number of esters is 1. The van der Waals surface area contributed by atoms with Crippen LogP contribution in [0.1, 0.15) is 15.9 Å². The van der Waals surface area contributed by atoms with Crippen LogP contribution in [0.4, 0.5) is 11.4 Å². The fraction of sp³-hybridized carbons (Fsp3) is 0.286. The van der Waals surface area contributed by atoms with Crippen molar-refractivity contribution in [2.45, 2.75) is 6.92 Å². The average molecular weight is 383 g/mol. The molecule has 7 heteroatoms. The Kier molecular flexibility index (Phi) is 7.14. The van der Waals surface area contributed by atoms with Gasteiger partial charge in [-0.15, -0.1) is 0 Å². The van der Waals surface area contributed by atoms with Crippen LogP contribution in [0.2, 0.25) is 0 Å². The molecule has 0 unspecified atom stereocenters. The predicted molar refractivity (Wildman–Crippen MR) is 108 cm³/mol. The summed E-state index contributed by atoms with van der Waals surface area (Å²) < 4.78 is 5.05. The molecule has 7 nitrogen and oxygen atoms in total. The van der Waals surface area contributed by atoms with Gasteiger partial charge in [0.2, 0.25) is 5.91 Å². The number of benzene rings is 2. The van der Waals surface area contributed by atoms with Gasteiger partial charge < -0.3 is 19.9 Å². The normalized spacial score (nSPS) is 10.1. The molecule has 0 fully saturated rings. The number of likely N-dealkylation sites (N-methyl/N-ethyl adjacent to an activating group) is 1. The van der Waals surface area contributed by atoms with Gasteiger partial charge in [0, 0.05) is 32.5 Å². The first-order valence-corrected chi connectivity index (χ1v) is 8.81. The Morgan fingerprint density at radius 2 is 1.54 bits per heavy atom. The van der Waals surface area contributed by atoms with Crippen LogP contribution in [-0.2, 0) is 14.3 Å². The topological polar surface area (TPSA) is 79.0 Å². The second kappa shape index (κ2) is 9.55. The van der Waals surface area contributed by atoms with Crippen LogP contribution in [0.15, 0.2) is 48.5 Å². The highest BCUT2D eigenvalue weighted by Gasteiger charge is 2.16. The quantitative estimate of drug-likeness (QED) is 0.743. The average Bonchev–Trinajstić information content (AvgIpc) is 2.67. The molecule has 1 N–H and O–H groups in total. The molecule has 148 valence electrons. The lowest BCUT2D eigenvalue weighted by Gasteiger charge is -2.17. The maximum atomic E-state index is 12.1. The molecule has 2 rings (SSSR count). The summed E-state index contributed by atoms with van der Waals surface area (Å²) in [7, 11) is 5.28. The Balaban J connectivity index is 1.80. The van der Waals surface area contributed by atoms with E-state index in [0.717, 1.165) is 11.3 Å². The van der Waals surface area contributed by atoms with E-state index in [9.17, 15) is 14.4 Å². The smallest absolute Gasteiger partial charge is 0.338 e. The lowest BCUT2D eigenvalue weighted by Crippen LogP contribution is -2.37. The van der Waals surface area contributed by atoms with Crippen LogP contribution in [-0.4, -0.2) is 57.0 Å². The molecule has 0 saturated carbocycles. The van der Waals surface area contributed by atoms with E-state index in [-0.39, 0.29) is 12.5 Å². The minimum absolute atomic E-state index is 0.137. The molecule has 0 aromatic heterocycles. The zero-order chi connectivity index (χ0) is 20.7. The van der Waals surface area contributed by atoms with Gasteiger partial charge in [-0.1, -0.05) is 17.7 Å². The predicted octanol–water partition coefficient (Wildman–Crippen LogP) is 2.31. The molecule has 0 radical (unpaired) electrons. The van der Waals surface area contributed by atoms with Gasteiger partial charge in [0.15, 0.2) is 6.61 Å². The highest BCUT2D eigenvalue weighted by atomic mass is 16.5. The maximum Gasteiger partial charge on any atom is 0.338 e. The Hall–Kier alpha value is -3.35.